The lowest BCUT2D eigenvalue weighted by atomic mass is 10.3. The van der Waals surface area contributed by atoms with Gasteiger partial charge in [-0.25, -0.2) is 9.78 Å². The quantitative estimate of drug-likeness (QED) is 0.694. The molecule has 0 spiro atoms. The lowest BCUT2D eigenvalue weighted by Gasteiger charge is -2.05. The first kappa shape index (κ1) is 13.6. The van der Waals surface area contributed by atoms with Gasteiger partial charge in [-0.1, -0.05) is 0 Å². The number of pyridine rings is 1. The first-order chi connectivity index (χ1) is 8.49. The molecule has 1 heterocycles. The highest BCUT2D eigenvalue weighted by Gasteiger charge is 2.06. The average molecular weight is 251 g/mol. The molecular weight excluding hydrogens is 238 g/mol. The van der Waals surface area contributed by atoms with E-state index in [9.17, 15) is 14.4 Å². The summed E-state index contributed by atoms with van der Waals surface area (Å²) in [5.41, 5.74) is 0.319. The van der Waals surface area contributed by atoms with E-state index >= 15 is 0 Å². The molecule has 7 heteroatoms. The summed E-state index contributed by atoms with van der Waals surface area (Å²) in [4.78, 5) is 36.2. The average Bonchev–Trinajstić information content (AvgIpc) is 2.29. The number of rotatable bonds is 5. The Hall–Kier alpha value is -2.44. The summed E-state index contributed by atoms with van der Waals surface area (Å²) in [6.45, 7) is 1.62. The number of hydrogen-bond acceptors (Lipinski definition) is 4. The predicted molar refractivity (Wildman–Crippen MR) is 63.1 cm³/mol. The van der Waals surface area contributed by atoms with Crippen LogP contribution in [0.5, 0.6) is 0 Å². The Morgan fingerprint density at radius 1 is 1.33 bits per heavy atom. The van der Waals surface area contributed by atoms with E-state index < -0.39 is 5.97 Å². The SMILES string of the molecule is CC(=O)NCCC(=O)Nc1ccc(C(=O)O)nc1. The van der Waals surface area contributed by atoms with Crippen molar-refractivity contribution in [2.75, 3.05) is 11.9 Å². The largest absolute Gasteiger partial charge is 0.477 e. The minimum atomic E-state index is -1.13. The monoisotopic (exact) mass is 251 g/mol. The third kappa shape index (κ3) is 4.60. The molecule has 0 aliphatic carbocycles. The normalized spacial score (nSPS) is 9.61. The fraction of sp³-hybridized carbons (Fsp3) is 0.273. The number of nitrogens with one attached hydrogen (secondary N) is 2. The number of aromatic carboxylic acids is 1. The molecule has 0 saturated heterocycles. The molecule has 1 aromatic heterocycles. The first-order valence-electron chi connectivity index (χ1n) is 5.22. The maximum Gasteiger partial charge on any atom is 0.354 e. The summed E-state index contributed by atoms with van der Waals surface area (Å²) in [5.74, 6) is -1.61. The van der Waals surface area contributed by atoms with Crippen molar-refractivity contribution >= 4 is 23.5 Å². The van der Waals surface area contributed by atoms with Gasteiger partial charge >= 0.3 is 5.97 Å². The number of aromatic nitrogens is 1. The summed E-state index contributed by atoms with van der Waals surface area (Å²) in [6, 6.07) is 2.75. The van der Waals surface area contributed by atoms with Crippen molar-refractivity contribution in [2.45, 2.75) is 13.3 Å². The number of hydrogen-bond donors (Lipinski definition) is 3. The van der Waals surface area contributed by atoms with Crippen LogP contribution in [0, 0.1) is 0 Å². The lowest BCUT2D eigenvalue weighted by Crippen LogP contribution is -2.25. The number of carbonyl (C=O) groups is 3. The van der Waals surface area contributed by atoms with Crippen LogP contribution in [0.4, 0.5) is 5.69 Å². The molecule has 0 atom stereocenters. The van der Waals surface area contributed by atoms with Crippen LogP contribution in [-0.2, 0) is 9.59 Å². The highest BCUT2D eigenvalue weighted by molar-refractivity contribution is 5.91. The van der Waals surface area contributed by atoms with Gasteiger partial charge in [0.1, 0.15) is 5.69 Å². The van der Waals surface area contributed by atoms with Gasteiger partial charge in [-0.15, -0.1) is 0 Å². The van der Waals surface area contributed by atoms with Crippen LogP contribution in [0.15, 0.2) is 18.3 Å². The van der Waals surface area contributed by atoms with Crippen LogP contribution in [0.1, 0.15) is 23.8 Å². The molecule has 96 valence electrons. The summed E-state index contributed by atoms with van der Waals surface area (Å²) < 4.78 is 0. The van der Waals surface area contributed by atoms with E-state index in [0.29, 0.717) is 5.69 Å². The van der Waals surface area contributed by atoms with Gasteiger partial charge < -0.3 is 15.7 Å². The van der Waals surface area contributed by atoms with E-state index in [-0.39, 0.29) is 30.5 Å². The zero-order chi connectivity index (χ0) is 13.5. The number of nitrogens with zero attached hydrogens (tertiary/aromatic N) is 1. The van der Waals surface area contributed by atoms with Gasteiger partial charge in [0.05, 0.1) is 11.9 Å². The predicted octanol–water partition coefficient (Wildman–Crippen LogP) is 0.244. The topological polar surface area (TPSA) is 108 Å². The van der Waals surface area contributed by atoms with Gasteiger partial charge in [-0.3, -0.25) is 9.59 Å². The van der Waals surface area contributed by atoms with Gasteiger partial charge in [0, 0.05) is 19.9 Å². The third-order valence-corrected chi connectivity index (χ3v) is 1.99. The van der Waals surface area contributed by atoms with Gasteiger partial charge in [0.25, 0.3) is 0 Å². The molecule has 0 radical (unpaired) electrons. The third-order valence-electron chi connectivity index (χ3n) is 1.99. The van der Waals surface area contributed by atoms with E-state index in [1.54, 1.807) is 0 Å². The smallest absolute Gasteiger partial charge is 0.354 e. The van der Waals surface area contributed by atoms with E-state index in [4.69, 9.17) is 5.11 Å². The molecule has 1 rings (SSSR count). The molecule has 2 amide bonds. The van der Waals surface area contributed by atoms with Crippen molar-refractivity contribution in [1.29, 1.82) is 0 Å². The van der Waals surface area contributed by atoms with Crippen LogP contribution in [0.25, 0.3) is 0 Å². The Morgan fingerprint density at radius 3 is 2.56 bits per heavy atom. The number of carboxylic acids is 1. The molecule has 18 heavy (non-hydrogen) atoms. The van der Waals surface area contributed by atoms with Gasteiger partial charge in [-0.2, -0.15) is 0 Å². The van der Waals surface area contributed by atoms with E-state index in [1.807, 2.05) is 0 Å². The highest BCUT2D eigenvalue weighted by atomic mass is 16.4. The molecule has 0 aromatic carbocycles. The zero-order valence-corrected chi connectivity index (χ0v) is 9.77. The number of anilines is 1. The second kappa shape index (κ2) is 6.33. The molecule has 7 nitrogen and oxygen atoms in total. The van der Waals surface area contributed by atoms with Gasteiger partial charge in [0.15, 0.2) is 0 Å². The van der Waals surface area contributed by atoms with Crippen LogP contribution in [0.2, 0.25) is 0 Å². The number of amides is 2. The summed E-state index contributed by atoms with van der Waals surface area (Å²) >= 11 is 0. The van der Waals surface area contributed by atoms with Crippen molar-refractivity contribution in [3.63, 3.8) is 0 Å². The van der Waals surface area contributed by atoms with Crippen molar-refractivity contribution in [2.24, 2.45) is 0 Å². The van der Waals surface area contributed by atoms with Gasteiger partial charge in [0.2, 0.25) is 11.8 Å². The zero-order valence-electron chi connectivity index (χ0n) is 9.77. The highest BCUT2D eigenvalue weighted by Crippen LogP contribution is 2.06. The Morgan fingerprint density at radius 2 is 2.06 bits per heavy atom. The van der Waals surface area contributed by atoms with E-state index in [1.165, 1.54) is 25.3 Å². The Bertz CT molecular complexity index is 456. The van der Waals surface area contributed by atoms with Crippen LogP contribution in [-0.4, -0.2) is 34.4 Å². The van der Waals surface area contributed by atoms with E-state index in [0.717, 1.165) is 0 Å². The number of carbonyl (C=O) groups excluding carboxylic acids is 2. The minimum Gasteiger partial charge on any atom is -0.477 e. The molecule has 0 unspecified atom stereocenters. The minimum absolute atomic E-state index is 0.0914. The van der Waals surface area contributed by atoms with Crippen molar-refractivity contribution < 1.29 is 19.5 Å². The van der Waals surface area contributed by atoms with E-state index in [2.05, 4.69) is 15.6 Å². The van der Waals surface area contributed by atoms with Crippen LogP contribution < -0.4 is 10.6 Å². The second-order valence-corrected chi connectivity index (χ2v) is 3.52. The van der Waals surface area contributed by atoms with Crippen molar-refractivity contribution in [3.8, 4) is 0 Å². The second-order valence-electron chi connectivity index (χ2n) is 3.52. The lowest BCUT2D eigenvalue weighted by molar-refractivity contribution is -0.119. The van der Waals surface area contributed by atoms with Crippen molar-refractivity contribution in [3.05, 3.63) is 24.0 Å². The molecular formula is C11H13N3O4. The Kier molecular flexibility index (Phi) is 4.79. The Labute approximate surface area is 103 Å². The van der Waals surface area contributed by atoms with Crippen LogP contribution in [0.3, 0.4) is 0 Å². The summed E-state index contributed by atoms with van der Waals surface area (Å²) in [6.07, 6.45) is 1.40. The molecule has 0 saturated carbocycles. The molecule has 0 aliphatic rings. The maximum atomic E-state index is 11.4. The van der Waals surface area contributed by atoms with Crippen molar-refractivity contribution in [1.82, 2.24) is 10.3 Å². The molecule has 0 bridgehead atoms. The molecule has 0 fully saturated rings. The Balaban J connectivity index is 2.44. The van der Waals surface area contributed by atoms with Crippen LogP contribution >= 0.6 is 0 Å². The molecule has 0 aliphatic heterocycles. The molecule has 1 aromatic rings. The maximum absolute atomic E-state index is 11.4. The number of carboxylic acid groups (broad SMARTS) is 1. The fourth-order valence-corrected chi connectivity index (χ4v) is 1.17. The first-order valence-corrected chi connectivity index (χ1v) is 5.22. The fourth-order valence-electron chi connectivity index (χ4n) is 1.17. The standard InChI is InChI=1S/C11H13N3O4/c1-7(15)12-5-4-10(16)14-8-2-3-9(11(17)18)13-6-8/h2-3,6H,4-5H2,1H3,(H,12,15)(H,14,16)(H,17,18). The molecule has 3 N–H and O–H groups in total. The van der Waals surface area contributed by atoms with Gasteiger partial charge in [-0.05, 0) is 12.1 Å². The summed E-state index contributed by atoms with van der Waals surface area (Å²) in [5, 5.41) is 13.7. The summed E-state index contributed by atoms with van der Waals surface area (Å²) in [7, 11) is 0.